The Hall–Kier alpha value is 0.180. The van der Waals surface area contributed by atoms with Crippen molar-refractivity contribution in [2.24, 2.45) is 0 Å². The highest BCUT2D eigenvalue weighted by molar-refractivity contribution is 8.20. The second-order valence-corrected chi connectivity index (χ2v) is 1.97. The third kappa shape index (κ3) is 4.18. The minimum atomic E-state index is 0.878. The van der Waals surface area contributed by atoms with Gasteiger partial charge in [0.05, 0.1) is 4.70 Å². The second-order valence-electron chi connectivity index (χ2n) is 0.683. The van der Waals surface area contributed by atoms with Crippen LogP contribution < -0.4 is 0 Å². The minimum absolute atomic E-state index is 0.878. The first-order valence-corrected chi connectivity index (χ1v) is 2.91. The van der Waals surface area contributed by atoms with Gasteiger partial charge in [-0.3, -0.25) is 0 Å². The van der Waals surface area contributed by atoms with Crippen molar-refractivity contribution in [2.45, 2.75) is 0 Å². The van der Waals surface area contributed by atoms with Crippen LogP contribution in [0.15, 0.2) is 12.7 Å². The monoisotopic (exact) mass is 117 g/mol. The molecule has 0 aromatic rings. The maximum absolute atomic E-state index is 4.38. The standard InChI is InChI=1S/C4H5S2/c1-2-3-6-4-5/h2H,1,3H2. The van der Waals surface area contributed by atoms with Gasteiger partial charge in [-0.05, 0) is 0 Å². The minimum Gasteiger partial charge on any atom is -0.108 e. The third-order valence-electron chi connectivity index (χ3n) is 0.260. The molecular weight excluding hydrogens is 112 g/mol. The van der Waals surface area contributed by atoms with Gasteiger partial charge in [0.15, 0.2) is 0 Å². The summed E-state index contributed by atoms with van der Waals surface area (Å²) >= 11 is 5.84. The van der Waals surface area contributed by atoms with E-state index < -0.39 is 0 Å². The Labute approximate surface area is 47.6 Å². The first kappa shape index (κ1) is 6.18. The molecule has 0 aromatic heterocycles. The van der Waals surface area contributed by atoms with E-state index in [1.165, 1.54) is 11.8 Å². The summed E-state index contributed by atoms with van der Waals surface area (Å²) < 4.78 is 2.50. The number of hydrogen-bond acceptors (Lipinski definition) is 2. The zero-order chi connectivity index (χ0) is 4.83. The van der Waals surface area contributed by atoms with E-state index >= 15 is 0 Å². The molecule has 0 bridgehead atoms. The Bertz CT molecular complexity index is 41.5. The largest absolute Gasteiger partial charge is 0.108 e. The van der Waals surface area contributed by atoms with Crippen molar-refractivity contribution in [1.82, 2.24) is 0 Å². The number of thioether (sulfide) groups is 1. The zero-order valence-corrected chi connectivity index (χ0v) is 4.94. The quantitative estimate of drug-likeness (QED) is 0.314. The molecule has 0 rings (SSSR count). The van der Waals surface area contributed by atoms with Crippen molar-refractivity contribution in [3.05, 3.63) is 12.7 Å². The van der Waals surface area contributed by atoms with Crippen molar-refractivity contribution in [1.29, 1.82) is 0 Å². The van der Waals surface area contributed by atoms with Gasteiger partial charge in [-0.2, -0.15) is 0 Å². The molecule has 0 fully saturated rings. The molecule has 0 aliphatic rings. The fraction of sp³-hybridized carbons (Fsp3) is 0.250. The highest BCUT2D eigenvalue weighted by Crippen LogP contribution is 1.91. The molecule has 6 heavy (non-hydrogen) atoms. The van der Waals surface area contributed by atoms with Gasteiger partial charge in [0.2, 0.25) is 0 Å². The third-order valence-corrected chi connectivity index (χ3v) is 1.13. The molecule has 0 unspecified atom stereocenters. The van der Waals surface area contributed by atoms with Crippen molar-refractivity contribution in [2.75, 3.05) is 5.75 Å². The molecule has 0 spiro atoms. The first-order valence-electron chi connectivity index (χ1n) is 1.51. The Morgan fingerprint density at radius 3 is 2.83 bits per heavy atom. The van der Waals surface area contributed by atoms with E-state index in [2.05, 4.69) is 23.5 Å². The lowest BCUT2D eigenvalue weighted by atomic mass is 10.8. The van der Waals surface area contributed by atoms with Crippen molar-refractivity contribution >= 4 is 28.7 Å². The van der Waals surface area contributed by atoms with E-state index in [9.17, 15) is 0 Å². The highest BCUT2D eigenvalue weighted by atomic mass is 32.2. The SMILES string of the molecule is C=CCS[C]=S. The highest BCUT2D eigenvalue weighted by Gasteiger charge is 1.68. The van der Waals surface area contributed by atoms with Crippen LogP contribution in [0.3, 0.4) is 0 Å². The molecule has 0 aliphatic carbocycles. The summed E-state index contributed by atoms with van der Waals surface area (Å²) in [7, 11) is 0. The van der Waals surface area contributed by atoms with Gasteiger partial charge in [0, 0.05) is 5.75 Å². The number of thiocarbonyl (C=S) groups is 1. The predicted molar refractivity (Wildman–Crippen MR) is 35.3 cm³/mol. The molecule has 0 aliphatic heterocycles. The van der Waals surface area contributed by atoms with E-state index in [1.807, 2.05) is 0 Å². The van der Waals surface area contributed by atoms with Gasteiger partial charge < -0.3 is 0 Å². The maximum atomic E-state index is 4.38. The Kier molecular flexibility index (Phi) is 5.34. The lowest BCUT2D eigenvalue weighted by Gasteiger charge is -1.74. The van der Waals surface area contributed by atoms with Crippen LogP contribution in [0.5, 0.6) is 0 Å². The Morgan fingerprint density at radius 1 is 2.00 bits per heavy atom. The Balaban J connectivity index is 2.66. The van der Waals surface area contributed by atoms with Gasteiger partial charge in [-0.1, -0.05) is 18.3 Å². The molecule has 0 saturated carbocycles. The van der Waals surface area contributed by atoms with Gasteiger partial charge in [-0.15, -0.1) is 18.3 Å². The molecule has 33 valence electrons. The lowest BCUT2D eigenvalue weighted by molar-refractivity contribution is 1.84. The molecule has 0 nitrogen and oxygen atoms in total. The van der Waals surface area contributed by atoms with Gasteiger partial charge in [0.25, 0.3) is 0 Å². The van der Waals surface area contributed by atoms with Crippen LogP contribution in [0.4, 0.5) is 0 Å². The molecule has 0 atom stereocenters. The second kappa shape index (κ2) is 5.18. The van der Waals surface area contributed by atoms with Gasteiger partial charge in [-0.25, -0.2) is 0 Å². The zero-order valence-electron chi connectivity index (χ0n) is 3.31. The van der Waals surface area contributed by atoms with Crippen LogP contribution in [0.2, 0.25) is 0 Å². The fourth-order valence-electron chi connectivity index (χ4n) is 0.0929. The number of hydrogen-bond donors (Lipinski definition) is 0. The van der Waals surface area contributed by atoms with Crippen molar-refractivity contribution < 1.29 is 0 Å². The summed E-state index contributed by atoms with van der Waals surface area (Å²) in [5.41, 5.74) is 0. The van der Waals surface area contributed by atoms with Crippen LogP contribution in [0.25, 0.3) is 0 Å². The lowest BCUT2D eigenvalue weighted by Crippen LogP contribution is -1.61. The van der Waals surface area contributed by atoms with E-state index in [1.54, 1.807) is 6.08 Å². The van der Waals surface area contributed by atoms with Crippen LogP contribution in [0, 0.1) is 0 Å². The molecule has 2 heteroatoms. The fourth-order valence-corrected chi connectivity index (χ4v) is 0.483. The average molecular weight is 117 g/mol. The summed E-state index contributed by atoms with van der Waals surface area (Å²) in [6.07, 6.45) is 1.80. The maximum Gasteiger partial charge on any atom is 0.0954 e. The smallest absolute Gasteiger partial charge is 0.0954 e. The first-order chi connectivity index (χ1) is 2.91. The molecule has 0 N–H and O–H groups in total. The molecule has 1 radical (unpaired) electrons. The normalized spacial score (nSPS) is 7.33. The summed E-state index contributed by atoms with van der Waals surface area (Å²) in [5, 5.41) is 0. The van der Waals surface area contributed by atoms with Crippen LogP contribution in [0.1, 0.15) is 0 Å². The van der Waals surface area contributed by atoms with Crippen LogP contribution in [-0.2, 0) is 0 Å². The summed E-state index contributed by atoms with van der Waals surface area (Å²) in [6.45, 7) is 3.49. The molecular formula is C4H5S2. The predicted octanol–water partition coefficient (Wildman–Crippen LogP) is 1.74. The summed E-state index contributed by atoms with van der Waals surface area (Å²) in [5.74, 6) is 0.878. The van der Waals surface area contributed by atoms with Crippen LogP contribution in [-0.4, -0.2) is 10.5 Å². The topological polar surface area (TPSA) is 0 Å². The van der Waals surface area contributed by atoms with Crippen molar-refractivity contribution in [3.8, 4) is 0 Å². The molecule has 0 amide bonds. The molecule has 0 aromatic carbocycles. The van der Waals surface area contributed by atoms with E-state index in [0.717, 1.165) is 5.75 Å². The Morgan fingerprint density at radius 2 is 2.67 bits per heavy atom. The van der Waals surface area contributed by atoms with Gasteiger partial charge >= 0.3 is 0 Å². The average Bonchev–Trinajstić information content (AvgIpc) is 1.61. The van der Waals surface area contributed by atoms with E-state index in [0.29, 0.717) is 0 Å². The molecule has 0 saturated heterocycles. The molecule has 0 heterocycles. The van der Waals surface area contributed by atoms with E-state index in [4.69, 9.17) is 0 Å². The summed E-state index contributed by atoms with van der Waals surface area (Å²) in [4.78, 5) is 0. The number of rotatable bonds is 3. The van der Waals surface area contributed by atoms with E-state index in [-0.39, 0.29) is 0 Å². The summed E-state index contributed by atoms with van der Waals surface area (Å²) in [6, 6.07) is 0. The van der Waals surface area contributed by atoms with Gasteiger partial charge in [0.1, 0.15) is 0 Å². The van der Waals surface area contributed by atoms with Crippen LogP contribution >= 0.6 is 24.0 Å². The van der Waals surface area contributed by atoms with Crippen molar-refractivity contribution in [3.63, 3.8) is 0 Å².